The van der Waals surface area contributed by atoms with Crippen LogP contribution in [0.4, 0.5) is 33.9 Å². The second-order valence-electron chi connectivity index (χ2n) is 13.4. The molecule has 50 heavy (non-hydrogen) atoms. The van der Waals surface area contributed by atoms with Gasteiger partial charge in [0.15, 0.2) is 5.82 Å². The molecule has 0 atom stereocenters. The maximum Gasteiger partial charge on any atom is 0.416 e. The lowest BCUT2D eigenvalue weighted by molar-refractivity contribution is -0.138. The van der Waals surface area contributed by atoms with Gasteiger partial charge < -0.3 is 9.80 Å². The number of hydrogen-bond donors (Lipinski definition) is 1. The highest BCUT2D eigenvalue weighted by Gasteiger charge is 2.41. The summed E-state index contributed by atoms with van der Waals surface area (Å²) in [6.45, 7) is 6.01. The Balaban J connectivity index is 1.28. The van der Waals surface area contributed by atoms with E-state index in [0.29, 0.717) is 42.2 Å². The van der Waals surface area contributed by atoms with Crippen molar-refractivity contribution < 1.29 is 30.8 Å². The van der Waals surface area contributed by atoms with E-state index in [9.17, 15) is 30.8 Å². The monoisotopic (exact) mass is 732 g/mol. The van der Waals surface area contributed by atoms with E-state index in [1.807, 2.05) is 17.9 Å². The van der Waals surface area contributed by atoms with Crippen molar-refractivity contribution in [1.29, 1.82) is 0 Å². The Morgan fingerprint density at radius 3 is 2.32 bits per heavy atom. The average Bonchev–Trinajstić information content (AvgIpc) is 3.43. The summed E-state index contributed by atoms with van der Waals surface area (Å²) in [6, 6.07) is 15.0. The predicted octanol–water partition coefficient (Wildman–Crippen LogP) is 7.37. The van der Waals surface area contributed by atoms with E-state index in [0.717, 1.165) is 11.6 Å². The summed E-state index contributed by atoms with van der Waals surface area (Å²) in [5, 5.41) is 5.02. The van der Waals surface area contributed by atoms with Gasteiger partial charge in [0, 0.05) is 41.5 Å². The topological polar surface area (TPSA) is 90.8 Å². The van der Waals surface area contributed by atoms with Crippen molar-refractivity contribution in [3.63, 3.8) is 0 Å². The number of sulfonamides is 1. The number of hydrogen-bond acceptors (Lipinski definition) is 5. The van der Waals surface area contributed by atoms with Crippen molar-refractivity contribution in [2.24, 2.45) is 0 Å². The van der Waals surface area contributed by atoms with E-state index < -0.39 is 33.3 Å². The molecule has 1 N–H and O–H groups in total. The fourth-order valence-electron chi connectivity index (χ4n) is 6.80. The van der Waals surface area contributed by atoms with Crippen molar-refractivity contribution in [3.8, 4) is 0 Å². The van der Waals surface area contributed by atoms with Crippen LogP contribution in [0, 0.1) is 12.7 Å². The van der Waals surface area contributed by atoms with Gasteiger partial charge in [-0.2, -0.15) is 18.3 Å². The number of nitrogens with one attached hydrogen (secondary N) is 1. The Morgan fingerprint density at radius 2 is 1.66 bits per heavy atom. The highest BCUT2D eigenvalue weighted by molar-refractivity contribution is 7.89. The van der Waals surface area contributed by atoms with Crippen LogP contribution in [0.1, 0.15) is 48.9 Å². The van der Waals surface area contributed by atoms with Crippen LogP contribution in [-0.2, 0) is 35.8 Å². The first-order valence-electron chi connectivity index (χ1n) is 16.1. The third kappa shape index (κ3) is 7.47. The number of carbonyl (C=O) groups excluding carboxylic acids is 1. The summed E-state index contributed by atoms with van der Waals surface area (Å²) in [7, 11) is -3.95. The number of aryl methyl sites for hydroxylation is 1. The van der Waals surface area contributed by atoms with Gasteiger partial charge in [0.25, 0.3) is 0 Å². The summed E-state index contributed by atoms with van der Waals surface area (Å²) in [6.07, 6.45) is -1.89. The molecule has 2 aliphatic rings. The number of rotatable bonds is 9. The summed E-state index contributed by atoms with van der Waals surface area (Å²) < 4.78 is 87.4. The average molecular weight is 733 g/mol. The molecule has 4 aromatic rings. The molecule has 266 valence electrons. The molecule has 0 spiro atoms. The van der Waals surface area contributed by atoms with Crippen LogP contribution in [0.2, 0.25) is 5.02 Å². The minimum absolute atomic E-state index is 0.0293. The zero-order valence-corrected chi connectivity index (χ0v) is 29.3. The molecule has 2 aliphatic heterocycles. The standard InChI is InChI=1S/C35H37ClF4N6O3S/c1-23-7-6-10-30(37)31(23)43-17-15-27(16-18-43)45-21-25-19-44(22-34(2,3)42-50(48,49)28-13-11-26(36)12-14-28)41-32(25)46(33(45)47)20-24-8-4-5-9-29(24)35(38,39)40/h4-14,19,27,42H,15-18,20-22H2,1-3H3. The lowest BCUT2D eigenvalue weighted by Gasteiger charge is -2.43. The molecule has 3 heterocycles. The highest BCUT2D eigenvalue weighted by Crippen LogP contribution is 2.37. The smallest absolute Gasteiger partial charge is 0.369 e. The largest absolute Gasteiger partial charge is 0.416 e. The van der Waals surface area contributed by atoms with Gasteiger partial charge in [-0.05, 0) is 81.1 Å². The number of anilines is 2. The second-order valence-corrected chi connectivity index (χ2v) is 15.5. The SMILES string of the molecule is Cc1cccc(F)c1N1CCC(N2Cc3cn(CC(C)(C)NS(=O)(=O)c4ccc(Cl)cc4)nc3N(Cc3ccccc3C(F)(F)F)C2=O)CC1. The number of alkyl halides is 3. The number of benzene rings is 3. The van der Waals surface area contributed by atoms with E-state index in [4.69, 9.17) is 11.6 Å². The van der Waals surface area contributed by atoms with Gasteiger partial charge in [0.05, 0.1) is 35.8 Å². The van der Waals surface area contributed by atoms with E-state index in [2.05, 4.69) is 9.82 Å². The fraction of sp³-hybridized carbons (Fsp3) is 0.371. The Morgan fingerprint density at radius 1 is 0.980 bits per heavy atom. The van der Waals surface area contributed by atoms with Crippen LogP contribution in [0.3, 0.4) is 0 Å². The maximum absolute atomic E-state index is 14.8. The summed E-state index contributed by atoms with van der Waals surface area (Å²) in [4.78, 5) is 19.1. The van der Waals surface area contributed by atoms with Gasteiger partial charge in [-0.1, -0.05) is 41.9 Å². The Kier molecular flexibility index (Phi) is 9.66. The molecule has 9 nitrogen and oxygen atoms in total. The third-order valence-electron chi connectivity index (χ3n) is 9.04. The lowest BCUT2D eigenvalue weighted by atomic mass is 10.00. The molecule has 6 rings (SSSR count). The van der Waals surface area contributed by atoms with Crippen LogP contribution in [0.5, 0.6) is 0 Å². The second kappa shape index (κ2) is 13.5. The third-order valence-corrected chi connectivity index (χ3v) is 11.0. The summed E-state index contributed by atoms with van der Waals surface area (Å²) in [5.74, 6) is -0.110. The van der Waals surface area contributed by atoms with Gasteiger partial charge in [-0.25, -0.2) is 22.3 Å². The van der Waals surface area contributed by atoms with Crippen LogP contribution in [0.25, 0.3) is 0 Å². The first-order chi connectivity index (χ1) is 23.5. The molecule has 1 saturated heterocycles. The Hall–Kier alpha value is -4.14. The highest BCUT2D eigenvalue weighted by atomic mass is 35.5. The molecular formula is C35H37ClF4N6O3S. The van der Waals surface area contributed by atoms with Crippen molar-refractivity contribution in [2.45, 2.75) is 75.9 Å². The molecule has 1 aromatic heterocycles. The molecule has 0 unspecified atom stereocenters. The molecule has 3 aromatic carbocycles. The zero-order valence-electron chi connectivity index (χ0n) is 27.7. The van der Waals surface area contributed by atoms with Crippen molar-refractivity contribution >= 4 is 39.2 Å². The predicted molar refractivity (Wildman–Crippen MR) is 183 cm³/mol. The zero-order chi connectivity index (χ0) is 36.0. The Bertz CT molecular complexity index is 1970. The normalized spacial score (nSPS) is 16.2. The number of fused-ring (bicyclic) bond motifs is 1. The first kappa shape index (κ1) is 35.7. The van der Waals surface area contributed by atoms with E-state index >= 15 is 0 Å². The van der Waals surface area contributed by atoms with Crippen LogP contribution in [0.15, 0.2) is 77.8 Å². The van der Waals surface area contributed by atoms with Crippen LogP contribution >= 0.6 is 11.6 Å². The molecule has 15 heteroatoms. The van der Waals surface area contributed by atoms with Crippen molar-refractivity contribution in [1.82, 2.24) is 19.4 Å². The number of aromatic nitrogens is 2. The maximum atomic E-state index is 14.8. The van der Waals surface area contributed by atoms with Gasteiger partial charge in [0.1, 0.15) is 5.82 Å². The minimum Gasteiger partial charge on any atom is -0.369 e. The Labute approximate surface area is 293 Å². The van der Waals surface area contributed by atoms with Crippen LogP contribution < -0.4 is 14.5 Å². The molecule has 1 fully saturated rings. The van der Waals surface area contributed by atoms with Crippen molar-refractivity contribution in [2.75, 3.05) is 22.9 Å². The molecular weight excluding hydrogens is 696 g/mol. The molecule has 2 amide bonds. The van der Waals surface area contributed by atoms with Gasteiger partial charge in [0.2, 0.25) is 10.0 Å². The molecule has 0 saturated carbocycles. The van der Waals surface area contributed by atoms with Gasteiger partial charge in [-0.3, -0.25) is 9.58 Å². The van der Waals surface area contributed by atoms with Crippen molar-refractivity contribution in [3.05, 3.63) is 106 Å². The summed E-state index contributed by atoms with van der Waals surface area (Å²) in [5.41, 5.74) is -0.0597. The molecule has 0 radical (unpaired) electrons. The van der Waals surface area contributed by atoms with E-state index in [1.54, 1.807) is 31.0 Å². The van der Waals surface area contributed by atoms with Crippen LogP contribution in [-0.4, -0.2) is 53.8 Å². The van der Waals surface area contributed by atoms with E-state index in [-0.39, 0.29) is 47.8 Å². The fourth-order valence-corrected chi connectivity index (χ4v) is 8.33. The van der Waals surface area contributed by atoms with E-state index in [1.165, 1.54) is 58.1 Å². The number of urea groups is 1. The molecule has 0 aliphatic carbocycles. The van der Waals surface area contributed by atoms with Gasteiger partial charge >= 0.3 is 12.2 Å². The number of halogens is 5. The number of nitrogens with zero attached hydrogens (tertiary/aromatic N) is 5. The molecule has 0 bridgehead atoms. The summed E-state index contributed by atoms with van der Waals surface area (Å²) >= 11 is 5.93. The van der Waals surface area contributed by atoms with Gasteiger partial charge in [-0.15, -0.1) is 0 Å². The number of carbonyl (C=O) groups is 1. The first-order valence-corrected chi connectivity index (χ1v) is 18.0. The quantitative estimate of drug-likeness (QED) is 0.182. The minimum atomic E-state index is -4.64. The number of amides is 2. The lowest BCUT2D eigenvalue weighted by Crippen LogP contribution is -2.54. The number of para-hydroxylation sites is 1. The number of piperidine rings is 1.